The predicted molar refractivity (Wildman–Crippen MR) is 93.1 cm³/mol. The average molecular weight is 338 g/mol. The second-order valence-electron chi connectivity index (χ2n) is 5.32. The van der Waals surface area contributed by atoms with Gasteiger partial charge < -0.3 is 9.47 Å². The monoisotopic (exact) mass is 338 g/mol. The third kappa shape index (κ3) is 3.95. The highest BCUT2D eigenvalue weighted by atomic mass is 16.5. The van der Waals surface area contributed by atoms with Crippen LogP contribution >= 0.6 is 0 Å². The van der Waals surface area contributed by atoms with Crippen molar-refractivity contribution >= 4 is 11.9 Å². The summed E-state index contributed by atoms with van der Waals surface area (Å²) in [5.41, 5.74) is 1.49. The molecule has 0 aliphatic rings. The first-order chi connectivity index (χ1) is 12.2. The standard InChI is InChI=1S/C18H18N4O3/c1-24-15-8-14(9-16(10-15)25-2)17(23)20-18-21-19-12-22(18)11-13-6-4-3-5-7-13/h3-10,12H,11H2,1-2H3,(H,20,21,23). The Labute approximate surface area is 145 Å². The van der Waals surface area contributed by atoms with E-state index in [0.717, 1.165) is 5.56 Å². The summed E-state index contributed by atoms with van der Waals surface area (Å²) in [6, 6.07) is 14.8. The summed E-state index contributed by atoms with van der Waals surface area (Å²) in [4.78, 5) is 12.5. The van der Waals surface area contributed by atoms with Crippen molar-refractivity contribution in [1.82, 2.24) is 14.8 Å². The molecular weight excluding hydrogens is 320 g/mol. The number of anilines is 1. The van der Waals surface area contributed by atoms with E-state index in [9.17, 15) is 4.79 Å². The van der Waals surface area contributed by atoms with E-state index in [1.54, 1.807) is 29.1 Å². The summed E-state index contributed by atoms with van der Waals surface area (Å²) < 4.78 is 12.2. The van der Waals surface area contributed by atoms with Crippen LogP contribution in [0.1, 0.15) is 15.9 Å². The Kier molecular flexibility index (Phi) is 4.94. The molecule has 2 aromatic carbocycles. The number of carbonyl (C=O) groups is 1. The van der Waals surface area contributed by atoms with Crippen LogP contribution in [0.2, 0.25) is 0 Å². The molecule has 0 aliphatic carbocycles. The van der Waals surface area contributed by atoms with Crippen molar-refractivity contribution in [3.05, 3.63) is 66.0 Å². The van der Waals surface area contributed by atoms with E-state index in [4.69, 9.17) is 9.47 Å². The first-order valence-corrected chi connectivity index (χ1v) is 7.65. The molecule has 0 saturated carbocycles. The van der Waals surface area contributed by atoms with E-state index < -0.39 is 0 Å². The number of amides is 1. The molecule has 0 fully saturated rings. The number of nitrogens with zero attached hydrogens (tertiary/aromatic N) is 3. The van der Waals surface area contributed by atoms with Gasteiger partial charge in [-0.1, -0.05) is 30.3 Å². The quantitative estimate of drug-likeness (QED) is 0.747. The van der Waals surface area contributed by atoms with Crippen LogP contribution in [0.25, 0.3) is 0 Å². The first-order valence-electron chi connectivity index (χ1n) is 7.65. The fourth-order valence-electron chi connectivity index (χ4n) is 2.36. The molecular formula is C18H18N4O3. The molecule has 1 aromatic heterocycles. The fraction of sp³-hybridized carbons (Fsp3) is 0.167. The van der Waals surface area contributed by atoms with Gasteiger partial charge in [0.05, 0.1) is 20.8 Å². The van der Waals surface area contributed by atoms with Gasteiger partial charge in [-0.3, -0.25) is 14.7 Å². The van der Waals surface area contributed by atoms with Crippen LogP contribution in [0.15, 0.2) is 54.9 Å². The Bertz CT molecular complexity index is 840. The third-order valence-corrected chi connectivity index (χ3v) is 3.65. The number of hydrogen-bond acceptors (Lipinski definition) is 5. The number of hydrogen-bond donors (Lipinski definition) is 1. The molecule has 3 rings (SSSR count). The number of benzene rings is 2. The van der Waals surface area contributed by atoms with Gasteiger partial charge in [0.15, 0.2) is 0 Å². The van der Waals surface area contributed by atoms with Crippen LogP contribution < -0.4 is 14.8 Å². The molecule has 0 bridgehead atoms. The van der Waals surface area contributed by atoms with Crippen LogP contribution in [0, 0.1) is 0 Å². The zero-order valence-corrected chi connectivity index (χ0v) is 14.0. The normalized spacial score (nSPS) is 10.3. The number of carbonyl (C=O) groups excluding carboxylic acids is 1. The van der Waals surface area contributed by atoms with Crippen molar-refractivity contribution in [3.8, 4) is 11.5 Å². The van der Waals surface area contributed by atoms with E-state index in [0.29, 0.717) is 29.6 Å². The topological polar surface area (TPSA) is 78.3 Å². The Balaban J connectivity index is 1.79. The second kappa shape index (κ2) is 7.48. The number of nitrogens with one attached hydrogen (secondary N) is 1. The zero-order valence-electron chi connectivity index (χ0n) is 14.0. The summed E-state index contributed by atoms with van der Waals surface area (Å²) in [5, 5.41) is 10.6. The van der Waals surface area contributed by atoms with Crippen molar-refractivity contribution in [2.24, 2.45) is 0 Å². The third-order valence-electron chi connectivity index (χ3n) is 3.65. The summed E-state index contributed by atoms with van der Waals surface area (Å²) in [7, 11) is 3.07. The van der Waals surface area contributed by atoms with Crippen LogP contribution in [-0.2, 0) is 6.54 Å². The predicted octanol–water partition coefficient (Wildman–Crippen LogP) is 2.60. The van der Waals surface area contributed by atoms with Gasteiger partial charge in [-0.25, -0.2) is 0 Å². The lowest BCUT2D eigenvalue weighted by atomic mass is 10.2. The van der Waals surface area contributed by atoms with Crippen molar-refractivity contribution in [1.29, 1.82) is 0 Å². The van der Waals surface area contributed by atoms with Crippen LogP contribution in [0.5, 0.6) is 11.5 Å². The van der Waals surface area contributed by atoms with Gasteiger partial charge >= 0.3 is 0 Å². The van der Waals surface area contributed by atoms with Crippen molar-refractivity contribution in [3.63, 3.8) is 0 Å². The molecule has 0 saturated heterocycles. The van der Waals surface area contributed by atoms with Gasteiger partial charge in [-0.05, 0) is 17.7 Å². The first kappa shape index (κ1) is 16.5. The average Bonchev–Trinajstić information content (AvgIpc) is 3.08. The fourth-order valence-corrected chi connectivity index (χ4v) is 2.36. The highest BCUT2D eigenvalue weighted by Gasteiger charge is 2.13. The maximum absolute atomic E-state index is 12.5. The van der Waals surface area contributed by atoms with E-state index >= 15 is 0 Å². The van der Waals surface area contributed by atoms with Gasteiger partial charge in [0.25, 0.3) is 5.91 Å². The molecule has 7 nitrogen and oxygen atoms in total. The SMILES string of the molecule is COc1cc(OC)cc(C(=O)Nc2nncn2Cc2ccccc2)c1. The smallest absolute Gasteiger partial charge is 0.258 e. The summed E-state index contributed by atoms with van der Waals surface area (Å²) in [6.45, 7) is 0.560. The molecule has 128 valence electrons. The van der Waals surface area contributed by atoms with E-state index in [2.05, 4.69) is 15.5 Å². The van der Waals surface area contributed by atoms with E-state index in [-0.39, 0.29) is 5.91 Å². The highest BCUT2D eigenvalue weighted by molar-refractivity contribution is 6.03. The number of aromatic nitrogens is 3. The molecule has 0 spiro atoms. The minimum absolute atomic E-state index is 0.320. The van der Waals surface area contributed by atoms with Crippen molar-refractivity contribution < 1.29 is 14.3 Å². The molecule has 0 radical (unpaired) electrons. The molecule has 0 unspecified atom stereocenters. The largest absolute Gasteiger partial charge is 0.497 e. The molecule has 0 aliphatic heterocycles. The highest BCUT2D eigenvalue weighted by Crippen LogP contribution is 2.23. The molecule has 1 N–H and O–H groups in total. The van der Waals surface area contributed by atoms with Crippen molar-refractivity contribution in [2.45, 2.75) is 6.54 Å². The van der Waals surface area contributed by atoms with E-state index in [1.165, 1.54) is 14.2 Å². The van der Waals surface area contributed by atoms with Gasteiger partial charge in [-0.2, -0.15) is 0 Å². The summed E-state index contributed by atoms with van der Waals surface area (Å²) >= 11 is 0. The van der Waals surface area contributed by atoms with Crippen LogP contribution in [0.4, 0.5) is 5.95 Å². The summed E-state index contributed by atoms with van der Waals surface area (Å²) in [6.07, 6.45) is 1.58. The molecule has 0 atom stereocenters. The lowest BCUT2D eigenvalue weighted by molar-refractivity contribution is 0.102. The Morgan fingerprint density at radius 3 is 2.40 bits per heavy atom. The minimum atomic E-state index is -0.320. The molecule has 25 heavy (non-hydrogen) atoms. The number of methoxy groups -OCH3 is 2. The maximum atomic E-state index is 12.5. The minimum Gasteiger partial charge on any atom is -0.497 e. The Morgan fingerprint density at radius 1 is 1.08 bits per heavy atom. The number of rotatable bonds is 6. The van der Waals surface area contributed by atoms with Gasteiger partial charge in [0.2, 0.25) is 5.95 Å². The lowest BCUT2D eigenvalue weighted by Crippen LogP contribution is -2.16. The summed E-state index contributed by atoms with van der Waals surface area (Å²) in [5.74, 6) is 1.13. The molecule has 1 heterocycles. The van der Waals surface area contributed by atoms with Crippen molar-refractivity contribution in [2.75, 3.05) is 19.5 Å². The van der Waals surface area contributed by atoms with Crippen LogP contribution in [0.3, 0.4) is 0 Å². The van der Waals surface area contributed by atoms with Crippen LogP contribution in [-0.4, -0.2) is 34.9 Å². The number of ether oxygens (including phenoxy) is 2. The maximum Gasteiger partial charge on any atom is 0.258 e. The zero-order chi connectivity index (χ0) is 17.6. The molecule has 3 aromatic rings. The lowest BCUT2D eigenvalue weighted by Gasteiger charge is -2.10. The van der Waals surface area contributed by atoms with Gasteiger partial charge in [0.1, 0.15) is 17.8 Å². The Morgan fingerprint density at radius 2 is 1.76 bits per heavy atom. The second-order valence-corrected chi connectivity index (χ2v) is 5.32. The molecule has 7 heteroatoms. The Hall–Kier alpha value is -3.35. The van der Waals surface area contributed by atoms with Gasteiger partial charge in [0, 0.05) is 11.6 Å². The molecule has 1 amide bonds. The van der Waals surface area contributed by atoms with E-state index in [1.807, 2.05) is 30.3 Å². The van der Waals surface area contributed by atoms with Gasteiger partial charge in [-0.15, -0.1) is 10.2 Å².